The lowest BCUT2D eigenvalue weighted by Gasteiger charge is -2.30. The minimum Gasteiger partial charge on any atom is -0.436 e. The van der Waals surface area contributed by atoms with Gasteiger partial charge in [0.25, 0.3) is 5.91 Å². The molecule has 5 nitrogen and oxygen atoms in total. The van der Waals surface area contributed by atoms with Crippen molar-refractivity contribution < 1.29 is 9.21 Å². The van der Waals surface area contributed by atoms with Crippen molar-refractivity contribution in [3.8, 4) is 22.8 Å². The summed E-state index contributed by atoms with van der Waals surface area (Å²) >= 11 is 0. The van der Waals surface area contributed by atoms with E-state index in [9.17, 15) is 4.79 Å². The van der Waals surface area contributed by atoms with E-state index in [1.165, 1.54) is 0 Å². The maximum absolute atomic E-state index is 12.9. The summed E-state index contributed by atoms with van der Waals surface area (Å²) in [7, 11) is 0. The fraction of sp³-hybridized carbons (Fsp3) is 0.273. The highest BCUT2D eigenvalue weighted by molar-refractivity contribution is 6.00. The third-order valence-corrected chi connectivity index (χ3v) is 5.07. The van der Waals surface area contributed by atoms with Gasteiger partial charge in [0, 0.05) is 17.2 Å². The van der Waals surface area contributed by atoms with Crippen LogP contribution in [0, 0.1) is 5.92 Å². The largest absolute Gasteiger partial charge is 0.436 e. The van der Waals surface area contributed by atoms with Crippen LogP contribution in [0.25, 0.3) is 22.8 Å². The van der Waals surface area contributed by atoms with E-state index in [1.54, 1.807) is 6.20 Å². The van der Waals surface area contributed by atoms with Gasteiger partial charge in [0.05, 0.1) is 11.8 Å². The van der Waals surface area contributed by atoms with Gasteiger partial charge in [-0.05, 0) is 37.6 Å². The first kappa shape index (κ1) is 20.1. The highest BCUT2D eigenvalue weighted by Crippen LogP contribution is 2.28. The summed E-state index contributed by atoms with van der Waals surface area (Å²) in [6.07, 6.45) is 2.64. The molecule has 2 aromatic carbocycles. The zero-order valence-electron chi connectivity index (χ0n) is 15.7. The Hall–Kier alpha value is -2.63. The maximum Gasteiger partial charge on any atom is 0.252 e. The molecule has 1 saturated heterocycles. The Kier molecular flexibility index (Phi) is 6.49. The maximum atomic E-state index is 12.9. The molecule has 1 aliphatic heterocycles. The number of oxazole rings is 1. The van der Waals surface area contributed by atoms with Gasteiger partial charge in [-0.2, -0.15) is 0 Å². The molecule has 2 heterocycles. The molecule has 2 N–H and O–H groups in total. The molecule has 2 unspecified atom stereocenters. The van der Waals surface area contributed by atoms with E-state index in [4.69, 9.17) is 4.42 Å². The summed E-state index contributed by atoms with van der Waals surface area (Å²) in [4.78, 5) is 17.3. The van der Waals surface area contributed by atoms with Gasteiger partial charge in [-0.3, -0.25) is 4.79 Å². The van der Waals surface area contributed by atoms with Crippen LogP contribution in [0.15, 0.2) is 65.2 Å². The molecule has 6 heteroatoms. The van der Waals surface area contributed by atoms with Crippen molar-refractivity contribution in [1.29, 1.82) is 0 Å². The predicted molar refractivity (Wildman–Crippen MR) is 113 cm³/mol. The summed E-state index contributed by atoms with van der Waals surface area (Å²) in [5, 5.41) is 6.54. The van der Waals surface area contributed by atoms with Gasteiger partial charge < -0.3 is 15.1 Å². The predicted octanol–water partition coefficient (Wildman–Crippen LogP) is 4.16. The Labute approximate surface area is 171 Å². The monoisotopic (exact) mass is 397 g/mol. The molecular weight excluding hydrogens is 374 g/mol. The van der Waals surface area contributed by atoms with Crippen molar-refractivity contribution in [3.63, 3.8) is 0 Å². The van der Waals surface area contributed by atoms with Gasteiger partial charge in [-0.15, -0.1) is 12.4 Å². The lowest BCUT2D eigenvalue weighted by Crippen LogP contribution is -2.48. The van der Waals surface area contributed by atoms with Crippen LogP contribution in [0.3, 0.4) is 0 Å². The van der Waals surface area contributed by atoms with Crippen molar-refractivity contribution in [3.05, 3.63) is 66.4 Å². The number of aromatic nitrogens is 1. The number of carbonyl (C=O) groups excluding carboxylic acids is 1. The first-order valence-electron chi connectivity index (χ1n) is 9.34. The normalized spacial score (nSPS) is 18.9. The second kappa shape index (κ2) is 9.04. The molecule has 2 atom stereocenters. The van der Waals surface area contributed by atoms with Crippen LogP contribution in [0.5, 0.6) is 0 Å². The van der Waals surface area contributed by atoms with Crippen LogP contribution in [0.4, 0.5) is 0 Å². The van der Waals surface area contributed by atoms with Crippen LogP contribution in [-0.4, -0.2) is 30.0 Å². The SMILES string of the molecule is CC1CNCCC1NC(=O)c1ccccc1-c1ncc(-c2ccccc2)o1.Cl. The lowest BCUT2D eigenvalue weighted by atomic mass is 9.94. The third kappa shape index (κ3) is 4.26. The fourth-order valence-electron chi connectivity index (χ4n) is 3.48. The lowest BCUT2D eigenvalue weighted by molar-refractivity contribution is 0.0914. The molecule has 0 saturated carbocycles. The summed E-state index contributed by atoms with van der Waals surface area (Å²) in [6.45, 7) is 4.01. The third-order valence-electron chi connectivity index (χ3n) is 5.07. The van der Waals surface area contributed by atoms with E-state index in [1.807, 2.05) is 54.6 Å². The minimum absolute atomic E-state index is 0. The average molecular weight is 398 g/mol. The van der Waals surface area contributed by atoms with Crippen molar-refractivity contribution >= 4 is 18.3 Å². The summed E-state index contributed by atoms with van der Waals surface area (Å²) in [5.74, 6) is 1.47. The molecule has 1 aromatic heterocycles. The minimum atomic E-state index is -0.0798. The number of nitrogens with one attached hydrogen (secondary N) is 2. The van der Waals surface area contributed by atoms with Crippen molar-refractivity contribution in [2.24, 2.45) is 5.92 Å². The van der Waals surface area contributed by atoms with Crippen molar-refractivity contribution in [2.45, 2.75) is 19.4 Å². The molecule has 0 radical (unpaired) electrons. The second-order valence-corrected chi connectivity index (χ2v) is 6.99. The standard InChI is InChI=1S/C22H23N3O2.ClH/c1-15-13-23-12-11-19(15)25-21(26)17-9-5-6-10-18(17)22-24-14-20(27-22)16-7-3-2-4-8-16;/h2-10,14-15,19,23H,11-13H2,1H3,(H,25,26);1H. The zero-order chi connectivity index (χ0) is 18.6. The van der Waals surface area contributed by atoms with Gasteiger partial charge in [-0.25, -0.2) is 4.98 Å². The molecular formula is C22H24ClN3O2. The first-order valence-corrected chi connectivity index (χ1v) is 9.34. The highest BCUT2D eigenvalue weighted by atomic mass is 35.5. The molecule has 28 heavy (non-hydrogen) atoms. The number of benzene rings is 2. The number of amides is 1. The average Bonchev–Trinajstić information content (AvgIpc) is 3.20. The van der Waals surface area contributed by atoms with Gasteiger partial charge in [0.2, 0.25) is 5.89 Å². The molecule has 3 aromatic rings. The van der Waals surface area contributed by atoms with Gasteiger partial charge >= 0.3 is 0 Å². The molecule has 1 fully saturated rings. The van der Waals surface area contributed by atoms with E-state index in [-0.39, 0.29) is 24.4 Å². The van der Waals surface area contributed by atoms with Gasteiger partial charge in [0.1, 0.15) is 0 Å². The quantitative estimate of drug-likeness (QED) is 0.693. The number of halogens is 1. The van der Waals surface area contributed by atoms with E-state index >= 15 is 0 Å². The summed E-state index contributed by atoms with van der Waals surface area (Å²) in [6, 6.07) is 17.5. The number of piperidine rings is 1. The number of hydrogen-bond acceptors (Lipinski definition) is 4. The zero-order valence-corrected chi connectivity index (χ0v) is 16.5. The Morgan fingerprint density at radius 1 is 1.14 bits per heavy atom. The van der Waals surface area contributed by atoms with Crippen LogP contribution < -0.4 is 10.6 Å². The van der Waals surface area contributed by atoms with Crippen LogP contribution in [-0.2, 0) is 0 Å². The molecule has 1 amide bonds. The van der Waals surface area contributed by atoms with E-state index in [0.29, 0.717) is 28.7 Å². The van der Waals surface area contributed by atoms with Crippen LogP contribution in [0.2, 0.25) is 0 Å². The van der Waals surface area contributed by atoms with Crippen LogP contribution in [0.1, 0.15) is 23.7 Å². The Bertz CT molecular complexity index is 926. The van der Waals surface area contributed by atoms with Gasteiger partial charge in [0.15, 0.2) is 5.76 Å². The Balaban J connectivity index is 0.00000225. The number of carbonyl (C=O) groups is 1. The number of rotatable bonds is 4. The number of hydrogen-bond donors (Lipinski definition) is 2. The smallest absolute Gasteiger partial charge is 0.252 e. The molecule has 0 bridgehead atoms. The Morgan fingerprint density at radius 3 is 2.68 bits per heavy atom. The van der Waals surface area contributed by atoms with E-state index in [2.05, 4.69) is 22.5 Å². The van der Waals surface area contributed by atoms with Crippen molar-refractivity contribution in [2.75, 3.05) is 13.1 Å². The van der Waals surface area contributed by atoms with E-state index < -0.39 is 0 Å². The fourth-order valence-corrected chi connectivity index (χ4v) is 3.48. The van der Waals surface area contributed by atoms with Crippen molar-refractivity contribution in [1.82, 2.24) is 15.6 Å². The van der Waals surface area contributed by atoms with E-state index in [0.717, 1.165) is 25.1 Å². The second-order valence-electron chi connectivity index (χ2n) is 6.99. The molecule has 4 rings (SSSR count). The number of nitrogens with zero attached hydrogens (tertiary/aromatic N) is 1. The highest BCUT2D eigenvalue weighted by Gasteiger charge is 2.25. The first-order chi connectivity index (χ1) is 13.2. The van der Waals surface area contributed by atoms with Crippen LogP contribution >= 0.6 is 12.4 Å². The topological polar surface area (TPSA) is 67.2 Å². The molecule has 0 aliphatic carbocycles. The Morgan fingerprint density at radius 2 is 1.89 bits per heavy atom. The molecule has 146 valence electrons. The summed E-state index contributed by atoms with van der Waals surface area (Å²) < 4.78 is 5.96. The molecule has 1 aliphatic rings. The van der Waals surface area contributed by atoms with Gasteiger partial charge in [-0.1, -0.05) is 49.4 Å². The summed E-state index contributed by atoms with van der Waals surface area (Å²) in [5.41, 5.74) is 2.25. The molecule has 0 spiro atoms.